The van der Waals surface area contributed by atoms with Crippen molar-refractivity contribution in [1.29, 1.82) is 0 Å². The van der Waals surface area contributed by atoms with Gasteiger partial charge in [0.15, 0.2) is 0 Å². The molecule has 1 amide bonds. The molecule has 0 aliphatic carbocycles. The second-order valence-electron chi connectivity index (χ2n) is 4.33. The normalized spacial score (nSPS) is 38.8. The lowest BCUT2D eigenvalue weighted by Crippen LogP contribution is -2.66. The predicted molar refractivity (Wildman–Crippen MR) is 56.4 cm³/mol. The number of nitrogens with one attached hydrogen (secondary N) is 2. The summed E-state index contributed by atoms with van der Waals surface area (Å²) in [7, 11) is 0. The van der Waals surface area contributed by atoms with Gasteiger partial charge in [0.1, 0.15) is 6.29 Å². The zero-order valence-corrected chi connectivity index (χ0v) is 8.78. The molecule has 6 nitrogen and oxygen atoms in total. The van der Waals surface area contributed by atoms with Crippen molar-refractivity contribution in [2.24, 2.45) is 11.5 Å². The Bertz CT molecular complexity index is 247. The maximum atomic E-state index is 11.3. The van der Waals surface area contributed by atoms with E-state index in [1.54, 1.807) is 0 Å². The maximum Gasteiger partial charge on any atom is 0.225 e. The number of hydrogen-bond donors (Lipinski definition) is 4. The van der Waals surface area contributed by atoms with Gasteiger partial charge in [-0.15, -0.1) is 0 Å². The fourth-order valence-electron chi connectivity index (χ4n) is 2.27. The average molecular weight is 213 g/mol. The van der Waals surface area contributed by atoms with E-state index in [9.17, 15) is 4.79 Å². The summed E-state index contributed by atoms with van der Waals surface area (Å²) in [5.74, 6) is 0.00500. The van der Waals surface area contributed by atoms with E-state index in [0.29, 0.717) is 6.42 Å². The highest BCUT2D eigenvalue weighted by atomic mass is 16.2. The molecule has 0 radical (unpaired) electrons. The summed E-state index contributed by atoms with van der Waals surface area (Å²) in [6.07, 6.45) is 2.23. The first-order chi connectivity index (χ1) is 7.15. The smallest absolute Gasteiger partial charge is 0.225 e. The molecule has 86 valence electrons. The van der Waals surface area contributed by atoms with Crippen LogP contribution in [0.2, 0.25) is 0 Å². The Morgan fingerprint density at radius 3 is 2.87 bits per heavy atom. The van der Waals surface area contributed by atoms with Gasteiger partial charge in [-0.25, -0.2) is 0 Å². The molecular weight excluding hydrogens is 194 g/mol. The third-order valence-electron chi connectivity index (χ3n) is 3.00. The Morgan fingerprint density at radius 1 is 1.40 bits per heavy atom. The van der Waals surface area contributed by atoms with Crippen LogP contribution in [0.25, 0.3) is 0 Å². The number of piperidine rings is 1. The minimum atomic E-state index is -0.436. The number of carbonyl (C=O) groups excluding carboxylic acids is 1. The molecule has 0 aromatic carbocycles. The highest BCUT2D eigenvalue weighted by Gasteiger charge is 2.30. The fraction of sp³-hybridized carbons (Fsp3) is 0.889. The zero-order valence-electron chi connectivity index (χ0n) is 8.78. The van der Waals surface area contributed by atoms with Gasteiger partial charge in [-0.05, 0) is 19.4 Å². The van der Waals surface area contributed by atoms with Crippen LogP contribution in [-0.2, 0) is 4.79 Å². The molecule has 2 fully saturated rings. The van der Waals surface area contributed by atoms with E-state index < -0.39 is 6.29 Å². The quantitative estimate of drug-likeness (QED) is 0.407. The van der Waals surface area contributed by atoms with Gasteiger partial charge in [0.05, 0.1) is 12.6 Å². The van der Waals surface area contributed by atoms with Crippen LogP contribution in [0.4, 0.5) is 0 Å². The van der Waals surface area contributed by atoms with E-state index in [1.165, 1.54) is 0 Å². The third kappa shape index (κ3) is 2.66. The van der Waals surface area contributed by atoms with Gasteiger partial charge in [-0.1, -0.05) is 0 Å². The highest BCUT2D eigenvalue weighted by Crippen LogP contribution is 2.13. The van der Waals surface area contributed by atoms with Crippen molar-refractivity contribution in [2.45, 2.75) is 37.8 Å². The van der Waals surface area contributed by atoms with Crippen molar-refractivity contribution in [2.75, 3.05) is 13.1 Å². The summed E-state index contributed by atoms with van der Waals surface area (Å²) in [6, 6.07) is 0.224. The zero-order chi connectivity index (χ0) is 10.8. The van der Waals surface area contributed by atoms with Crippen molar-refractivity contribution < 1.29 is 4.79 Å². The lowest BCUT2D eigenvalue weighted by molar-refractivity contribution is -0.126. The number of hydrogen-bond acceptors (Lipinski definition) is 5. The molecule has 6 N–H and O–H groups in total. The predicted octanol–water partition coefficient (Wildman–Crippen LogP) is -1.91. The average Bonchev–Trinajstić information content (AvgIpc) is 2.16. The summed E-state index contributed by atoms with van der Waals surface area (Å²) >= 11 is 0. The molecule has 6 heteroatoms. The largest absolute Gasteiger partial charge is 0.328 e. The number of amides is 1. The van der Waals surface area contributed by atoms with Gasteiger partial charge >= 0.3 is 0 Å². The number of nitrogens with two attached hydrogens (primary N) is 2. The van der Waals surface area contributed by atoms with Crippen LogP contribution in [-0.4, -0.2) is 42.4 Å². The molecule has 2 aliphatic rings. The first-order valence-electron chi connectivity index (χ1n) is 5.46. The summed E-state index contributed by atoms with van der Waals surface area (Å²) in [5, 5.41) is 5.78. The van der Waals surface area contributed by atoms with E-state index in [-0.39, 0.29) is 18.1 Å². The topological polar surface area (TPSA) is 96.4 Å². The van der Waals surface area contributed by atoms with Crippen molar-refractivity contribution in [3.63, 3.8) is 0 Å². The molecule has 2 heterocycles. The van der Waals surface area contributed by atoms with Crippen LogP contribution >= 0.6 is 0 Å². The molecule has 0 aromatic heterocycles. The van der Waals surface area contributed by atoms with Crippen molar-refractivity contribution in [3.05, 3.63) is 0 Å². The minimum absolute atomic E-state index is 0.00500. The number of nitrogens with zero attached hydrogens (tertiary/aromatic N) is 1. The van der Waals surface area contributed by atoms with Gasteiger partial charge in [0.2, 0.25) is 5.91 Å². The molecule has 15 heavy (non-hydrogen) atoms. The molecule has 2 saturated heterocycles. The lowest BCUT2D eigenvalue weighted by Gasteiger charge is -2.40. The third-order valence-corrected chi connectivity index (χ3v) is 3.00. The van der Waals surface area contributed by atoms with Crippen LogP contribution in [0.5, 0.6) is 0 Å². The van der Waals surface area contributed by atoms with Crippen LogP contribution < -0.4 is 22.1 Å². The van der Waals surface area contributed by atoms with Gasteiger partial charge in [0.25, 0.3) is 0 Å². The van der Waals surface area contributed by atoms with E-state index in [4.69, 9.17) is 11.5 Å². The van der Waals surface area contributed by atoms with Crippen LogP contribution in [0, 0.1) is 0 Å². The summed E-state index contributed by atoms with van der Waals surface area (Å²) < 4.78 is 0. The molecule has 2 aliphatic heterocycles. The van der Waals surface area contributed by atoms with Crippen LogP contribution in [0.3, 0.4) is 0 Å². The van der Waals surface area contributed by atoms with E-state index in [1.807, 2.05) is 0 Å². The second-order valence-corrected chi connectivity index (χ2v) is 4.33. The van der Waals surface area contributed by atoms with Gasteiger partial charge in [-0.2, -0.15) is 0 Å². The van der Waals surface area contributed by atoms with Gasteiger partial charge < -0.3 is 11.1 Å². The molecule has 0 spiro atoms. The SMILES string of the molecule is NC1CCCN(C2CC(=O)NC(N)N2)C1. The van der Waals surface area contributed by atoms with Crippen molar-refractivity contribution in [3.8, 4) is 0 Å². The standard InChI is InChI=1S/C9H19N5O/c10-6-2-1-3-14(5-6)7-4-8(15)13-9(11)12-7/h6-7,9,12H,1-5,10-11H2,(H,13,15). The van der Waals surface area contributed by atoms with Crippen LogP contribution in [0.15, 0.2) is 0 Å². The Kier molecular flexibility index (Phi) is 3.20. The Morgan fingerprint density at radius 2 is 2.20 bits per heavy atom. The number of rotatable bonds is 1. The van der Waals surface area contributed by atoms with E-state index in [2.05, 4.69) is 15.5 Å². The first kappa shape index (κ1) is 10.8. The molecule has 0 aromatic rings. The monoisotopic (exact) mass is 213 g/mol. The minimum Gasteiger partial charge on any atom is -0.328 e. The summed E-state index contributed by atoms with van der Waals surface area (Å²) in [5.41, 5.74) is 11.6. The van der Waals surface area contributed by atoms with Gasteiger partial charge in [0, 0.05) is 12.6 Å². The number of carbonyl (C=O) groups is 1. The Balaban J connectivity index is 1.94. The molecule has 3 unspecified atom stereocenters. The van der Waals surface area contributed by atoms with E-state index >= 15 is 0 Å². The second kappa shape index (κ2) is 4.44. The lowest BCUT2D eigenvalue weighted by atomic mass is 10.0. The highest BCUT2D eigenvalue weighted by molar-refractivity contribution is 5.77. The Hall–Kier alpha value is -0.690. The molecule has 2 rings (SSSR count). The van der Waals surface area contributed by atoms with Crippen molar-refractivity contribution in [1.82, 2.24) is 15.5 Å². The van der Waals surface area contributed by atoms with Gasteiger partial charge in [-0.3, -0.25) is 20.7 Å². The number of likely N-dealkylation sites (tertiary alicyclic amines) is 1. The molecule has 0 bridgehead atoms. The van der Waals surface area contributed by atoms with Crippen LogP contribution in [0.1, 0.15) is 19.3 Å². The summed E-state index contributed by atoms with van der Waals surface area (Å²) in [6.45, 7) is 1.84. The molecule has 3 atom stereocenters. The summed E-state index contributed by atoms with van der Waals surface area (Å²) in [4.78, 5) is 13.5. The first-order valence-corrected chi connectivity index (χ1v) is 5.46. The van der Waals surface area contributed by atoms with Crippen molar-refractivity contribution >= 4 is 5.91 Å². The van der Waals surface area contributed by atoms with E-state index in [0.717, 1.165) is 25.9 Å². The fourth-order valence-corrected chi connectivity index (χ4v) is 2.27. The molecular formula is C9H19N5O. The molecule has 0 saturated carbocycles. The maximum absolute atomic E-state index is 11.3. The Labute approximate surface area is 89.3 Å².